The van der Waals surface area contributed by atoms with E-state index in [0.717, 1.165) is 5.69 Å². The number of benzene rings is 1. The third-order valence-electron chi connectivity index (χ3n) is 5.70. The van der Waals surface area contributed by atoms with E-state index in [2.05, 4.69) is 15.3 Å². The maximum atomic E-state index is 13.3. The third-order valence-corrected chi connectivity index (χ3v) is 5.93. The van der Waals surface area contributed by atoms with E-state index >= 15 is 0 Å². The lowest BCUT2D eigenvalue weighted by atomic mass is 10.1. The van der Waals surface area contributed by atoms with Crippen LogP contribution in [0.4, 0.5) is 6.01 Å². The van der Waals surface area contributed by atoms with Crippen LogP contribution in [0, 0.1) is 0 Å². The lowest BCUT2D eigenvalue weighted by molar-refractivity contribution is 0.0579. The number of amides is 1. The first-order chi connectivity index (χ1) is 15.9. The number of halogens is 1. The summed E-state index contributed by atoms with van der Waals surface area (Å²) in [6.07, 6.45) is 2.14. The number of hydrogen-bond donors (Lipinski definition) is 2. The van der Waals surface area contributed by atoms with Gasteiger partial charge in [-0.25, -0.2) is 0 Å². The second-order valence-corrected chi connectivity index (χ2v) is 8.35. The number of aromatic nitrogens is 2. The number of fused-ring (bicyclic) bond motifs is 1. The van der Waals surface area contributed by atoms with Crippen molar-refractivity contribution < 1.29 is 23.8 Å². The van der Waals surface area contributed by atoms with Gasteiger partial charge < -0.3 is 29.2 Å². The number of carbonyl (C=O) groups excluding carboxylic acids is 1. The summed E-state index contributed by atoms with van der Waals surface area (Å²) in [6.45, 7) is 4.69. The minimum absolute atomic E-state index is 0.0915. The Morgan fingerprint density at radius 3 is 2.94 bits per heavy atom. The molecule has 0 radical (unpaired) electrons. The number of rotatable bonds is 8. The molecule has 0 spiro atoms. The number of carbonyl (C=O) groups is 1. The van der Waals surface area contributed by atoms with Crippen molar-refractivity contribution in [1.29, 1.82) is 0 Å². The molecule has 1 fully saturated rings. The van der Waals surface area contributed by atoms with Crippen LogP contribution in [-0.4, -0.2) is 64.9 Å². The number of anilines is 1. The van der Waals surface area contributed by atoms with Gasteiger partial charge in [0.15, 0.2) is 11.3 Å². The van der Waals surface area contributed by atoms with Crippen LogP contribution in [0.1, 0.15) is 42.4 Å². The SMILES string of the molecule is CCO[C@@H]1CC(CO)N(C(=O)c2cc(OC)c3oc(NC(C)c4cc(Cl)ccn4)nc3c2)C1. The van der Waals surface area contributed by atoms with E-state index in [1.54, 1.807) is 35.4 Å². The zero-order valence-electron chi connectivity index (χ0n) is 18.7. The lowest BCUT2D eigenvalue weighted by Gasteiger charge is -2.23. The molecule has 3 aromatic rings. The summed E-state index contributed by atoms with van der Waals surface area (Å²) in [7, 11) is 1.51. The van der Waals surface area contributed by atoms with Gasteiger partial charge in [0.2, 0.25) is 0 Å². The van der Waals surface area contributed by atoms with Gasteiger partial charge in [0, 0.05) is 29.9 Å². The van der Waals surface area contributed by atoms with Gasteiger partial charge in [0.25, 0.3) is 11.9 Å². The fraction of sp³-hybridized carbons (Fsp3) is 0.435. The van der Waals surface area contributed by atoms with Crippen LogP contribution in [0.15, 0.2) is 34.9 Å². The molecule has 1 aliphatic rings. The van der Waals surface area contributed by atoms with Crippen LogP contribution in [0.2, 0.25) is 5.02 Å². The lowest BCUT2D eigenvalue weighted by Crippen LogP contribution is -2.38. The Labute approximate surface area is 196 Å². The van der Waals surface area contributed by atoms with E-state index in [9.17, 15) is 9.90 Å². The van der Waals surface area contributed by atoms with Gasteiger partial charge in [-0.1, -0.05) is 11.6 Å². The van der Waals surface area contributed by atoms with E-state index in [0.29, 0.717) is 47.0 Å². The molecule has 33 heavy (non-hydrogen) atoms. The quantitative estimate of drug-likeness (QED) is 0.509. The number of hydrogen-bond acceptors (Lipinski definition) is 8. The molecule has 0 bridgehead atoms. The first-order valence-electron chi connectivity index (χ1n) is 10.8. The zero-order valence-corrected chi connectivity index (χ0v) is 19.5. The van der Waals surface area contributed by atoms with Gasteiger partial charge in [0.1, 0.15) is 5.52 Å². The molecular weight excluding hydrogens is 448 g/mol. The van der Waals surface area contributed by atoms with Gasteiger partial charge in [0.05, 0.1) is 37.6 Å². The molecule has 3 heterocycles. The van der Waals surface area contributed by atoms with E-state index in [1.165, 1.54) is 7.11 Å². The molecule has 3 atom stereocenters. The number of methoxy groups -OCH3 is 1. The molecule has 1 aliphatic heterocycles. The number of aliphatic hydroxyl groups excluding tert-OH is 1. The van der Waals surface area contributed by atoms with Crippen molar-refractivity contribution >= 4 is 34.6 Å². The van der Waals surface area contributed by atoms with E-state index in [-0.39, 0.29) is 36.7 Å². The predicted molar refractivity (Wildman–Crippen MR) is 124 cm³/mol. The van der Waals surface area contributed by atoms with Gasteiger partial charge in [-0.05, 0) is 44.5 Å². The van der Waals surface area contributed by atoms with Crippen molar-refractivity contribution in [1.82, 2.24) is 14.9 Å². The van der Waals surface area contributed by atoms with Crippen LogP contribution >= 0.6 is 11.6 Å². The van der Waals surface area contributed by atoms with Crippen LogP contribution < -0.4 is 10.1 Å². The fourth-order valence-electron chi connectivity index (χ4n) is 4.07. The summed E-state index contributed by atoms with van der Waals surface area (Å²) in [5.74, 6) is 0.177. The maximum absolute atomic E-state index is 13.3. The highest BCUT2D eigenvalue weighted by Crippen LogP contribution is 2.33. The van der Waals surface area contributed by atoms with Gasteiger partial charge in [-0.3, -0.25) is 9.78 Å². The first-order valence-corrected chi connectivity index (χ1v) is 11.2. The second-order valence-electron chi connectivity index (χ2n) is 7.92. The summed E-state index contributed by atoms with van der Waals surface area (Å²) in [4.78, 5) is 23.8. The number of ether oxygens (including phenoxy) is 2. The van der Waals surface area contributed by atoms with Crippen molar-refractivity contribution in [2.75, 3.05) is 32.2 Å². The minimum Gasteiger partial charge on any atom is -0.493 e. The molecule has 4 rings (SSSR count). The molecule has 0 aliphatic carbocycles. The molecule has 1 amide bonds. The van der Waals surface area contributed by atoms with Crippen molar-refractivity contribution in [2.45, 2.75) is 38.5 Å². The van der Waals surface area contributed by atoms with Crippen LogP contribution in [-0.2, 0) is 4.74 Å². The Morgan fingerprint density at radius 2 is 2.24 bits per heavy atom. The summed E-state index contributed by atoms with van der Waals surface area (Å²) in [5.41, 5.74) is 2.04. The Morgan fingerprint density at radius 1 is 1.42 bits per heavy atom. The Bertz CT molecular complexity index is 1140. The van der Waals surface area contributed by atoms with Gasteiger partial charge >= 0.3 is 0 Å². The van der Waals surface area contributed by atoms with Crippen LogP contribution in [0.25, 0.3) is 11.1 Å². The smallest absolute Gasteiger partial charge is 0.296 e. The largest absolute Gasteiger partial charge is 0.493 e. The van der Waals surface area contributed by atoms with E-state index in [1.807, 2.05) is 13.8 Å². The highest BCUT2D eigenvalue weighted by Gasteiger charge is 2.36. The Balaban J connectivity index is 1.60. The Hall–Kier alpha value is -2.88. The number of likely N-dealkylation sites (tertiary alicyclic amines) is 1. The van der Waals surface area contributed by atoms with Crippen molar-refractivity contribution in [3.63, 3.8) is 0 Å². The topological polar surface area (TPSA) is 110 Å². The number of aliphatic hydroxyl groups is 1. The fourth-order valence-corrected chi connectivity index (χ4v) is 4.24. The highest BCUT2D eigenvalue weighted by molar-refractivity contribution is 6.30. The summed E-state index contributed by atoms with van der Waals surface area (Å²) in [5, 5.41) is 13.5. The molecule has 1 saturated heterocycles. The van der Waals surface area contributed by atoms with Crippen molar-refractivity contribution in [3.05, 3.63) is 46.7 Å². The molecule has 0 saturated carbocycles. The average molecular weight is 475 g/mol. The Kier molecular flexibility index (Phi) is 7.02. The molecule has 10 heteroatoms. The van der Waals surface area contributed by atoms with Gasteiger partial charge in [-0.2, -0.15) is 4.98 Å². The summed E-state index contributed by atoms with van der Waals surface area (Å²) >= 11 is 6.06. The van der Waals surface area contributed by atoms with Crippen molar-refractivity contribution in [2.24, 2.45) is 0 Å². The highest BCUT2D eigenvalue weighted by atomic mass is 35.5. The molecule has 1 aromatic carbocycles. The number of nitrogens with one attached hydrogen (secondary N) is 1. The van der Waals surface area contributed by atoms with Crippen LogP contribution in [0.3, 0.4) is 0 Å². The van der Waals surface area contributed by atoms with Crippen molar-refractivity contribution in [3.8, 4) is 5.75 Å². The third kappa shape index (κ3) is 4.90. The summed E-state index contributed by atoms with van der Waals surface area (Å²) in [6, 6.07) is 6.53. The zero-order chi connectivity index (χ0) is 23.5. The average Bonchev–Trinajstić information content (AvgIpc) is 3.41. The normalized spacial score (nSPS) is 19.1. The van der Waals surface area contributed by atoms with Crippen LogP contribution in [0.5, 0.6) is 5.75 Å². The standard InChI is InChI=1S/C23H27ClN4O5/c1-4-32-17-10-16(12-29)28(11-17)22(30)14-7-19-21(20(8-14)31-3)33-23(27-19)26-13(2)18-9-15(24)5-6-25-18/h5-9,13,16-17,29H,4,10-12H2,1-3H3,(H,26,27)/t13?,16?,17-/m1/s1. The number of oxazole rings is 1. The first kappa shape index (κ1) is 23.3. The maximum Gasteiger partial charge on any atom is 0.296 e. The monoisotopic (exact) mass is 474 g/mol. The molecule has 176 valence electrons. The molecule has 9 nitrogen and oxygen atoms in total. The predicted octanol–water partition coefficient (Wildman–Crippen LogP) is 3.67. The second kappa shape index (κ2) is 9.94. The van der Waals surface area contributed by atoms with Gasteiger partial charge in [-0.15, -0.1) is 0 Å². The molecule has 2 aromatic heterocycles. The summed E-state index contributed by atoms with van der Waals surface area (Å²) < 4.78 is 17.0. The number of nitrogens with zero attached hydrogens (tertiary/aromatic N) is 3. The van der Waals surface area contributed by atoms with E-state index in [4.69, 9.17) is 25.5 Å². The molecule has 2 unspecified atom stereocenters. The number of pyridine rings is 1. The molecular formula is C23H27ClN4O5. The minimum atomic E-state index is -0.295. The van der Waals surface area contributed by atoms with E-state index < -0.39 is 0 Å². The molecule has 2 N–H and O–H groups in total.